The second kappa shape index (κ2) is 7.94. The van der Waals surface area contributed by atoms with Gasteiger partial charge in [-0.2, -0.15) is 0 Å². The third kappa shape index (κ3) is 4.21. The van der Waals surface area contributed by atoms with Gasteiger partial charge in [-0.25, -0.2) is 4.98 Å². The summed E-state index contributed by atoms with van der Waals surface area (Å²) in [5.74, 6) is 1.11. The van der Waals surface area contributed by atoms with Gasteiger partial charge in [-0.15, -0.1) is 0 Å². The number of hydrogen-bond acceptors (Lipinski definition) is 4. The third-order valence-electron chi connectivity index (χ3n) is 4.16. The first-order valence-electron chi connectivity index (χ1n) is 8.03. The number of benzene rings is 1. The first kappa shape index (κ1) is 17.2. The SMILES string of the molecule is C=C(/C=C/c1ccc2c(c1)nc(CCN(CC)CC)n2C)NO. The maximum atomic E-state index is 8.75. The molecule has 0 atom stereocenters. The predicted molar refractivity (Wildman–Crippen MR) is 95.3 cm³/mol. The first-order valence-corrected chi connectivity index (χ1v) is 8.03. The van der Waals surface area contributed by atoms with Gasteiger partial charge in [0.1, 0.15) is 5.82 Å². The highest BCUT2D eigenvalue weighted by Crippen LogP contribution is 2.18. The van der Waals surface area contributed by atoms with E-state index in [1.807, 2.05) is 17.6 Å². The molecule has 2 aromatic rings. The van der Waals surface area contributed by atoms with Crippen LogP contribution in [0.2, 0.25) is 0 Å². The topological polar surface area (TPSA) is 53.3 Å². The van der Waals surface area contributed by atoms with Crippen LogP contribution in [-0.4, -0.2) is 39.3 Å². The molecule has 0 bridgehead atoms. The maximum absolute atomic E-state index is 8.75. The van der Waals surface area contributed by atoms with Crippen LogP contribution in [0.15, 0.2) is 36.6 Å². The van der Waals surface area contributed by atoms with Crippen molar-refractivity contribution in [1.29, 1.82) is 0 Å². The van der Waals surface area contributed by atoms with Crippen LogP contribution in [0.1, 0.15) is 25.2 Å². The Hall–Kier alpha value is -2.11. The molecule has 23 heavy (non-hydrogen) atoms. The largest absolute Gasteiger partial charge is 0.331 e. The molecule has 0 saturated carbocycles. The van der Waals surface area contributed by atoms with Crippen LogP contribution in [0.5, 0.6) is 0 Å². The molecule has 2 rings (SSSR count). The molecule has 2 N–H and O–H groups in total. The summed E-state index contributed by atoms with van der Waals surface area (Å²) in [5, 5.41) is 8.75. The van der Waals surface area contributed by atoms with E-state index in [0.29, 0.717) is 5.70 Å². The minimum absolute atomic E-state index is 0.450. The Kier molecular flexibility index (Phi) is 5.96. The van der Waals surface area contributed by atoms with Crippen LogP contribution >= 0.6 is 0 Å². The Bertz CT molecular complexity index is 698. The fraction of sp³-hybridized carbons (Fsp3) is 0.389. The molecule has 5 nitrogen and oxygen atoms in total. The van der Waals surface area contributed by atoms with Crippen molar-refractivity contribution in [3.05, 3.63) is 47.9 Å². The van der Waals surface area contributed by atoms with E-state index in [1.165, 1.54) is 0 Å². The standard InChI is InChI=1S/C18H26N4O/c1-5-22(6-2)12-11-18-19-16-13-15(8-7-14(3)20-23)9-10-17(16)21(18)4/h7-10,13,20,23H,3,5-6,11-12H2,1-2,4H3/b8-7+. The highest BCUT2D eigenvalue weighted by Gasteiger charge is 2.09. The number of nitrogens with one attached hydrogen (secondary N) is 1. The number of imidazole rings is 1. The molecule has 0 aliphatic carbocycles. The summed E-state index contributed by atoms with van der Waals surface area (Å²) in [6.07, 6.45) is 4.57. The molecular formula is C18H26N4O. The molecule has 0 amide bonds. The molecule has 0 spiro atoms. The number of hydroxylamine groups is 1. The molecular weight excluding hydrogens is 288 g/mol. The van der Waals surface area contributed by atoms with Crippen LogP contribution < -0.4 is 5.48 Å². The van der Waals surface area contributed by atoms with Crippen molar-refractivity contribution in [2.45, 2.75) is 20.3 Å². The van der Waals surface area contributed by atoms with Crippen molar-refractivity contribution >= 4 is 17.1 Å². The van der Waals surface area contributed by atoms with Gasteiger partial charge in [0.25, 0.3) is 0 Å². The Morgan fingerprint density at radius 3 is 2.78 bits per heavy atom. The van der Waals surface area contributed by atoms with Gasteiger partial charge in [-0.3, -0.25) is 10.7 Å². The molecule has 0 unspecified atom stereocenters. The Morgan fingerprint density at radius 2 is 2.13 bits per heavy atom. The lowest BCUT2D eigenvalue weighted by atomic mass is 10.2. The van der Waals surface area contributed by atoms with Crippen LogP contribution in [0.4, 0.5) is 0 Å². The second-order valence-corrected chi connectivity index (χ2v) is 5.58. The summed E-state index contributed by atoms with van der Waals surface area (Å²) in [4.78, 5) is 7.18. The fourth-order valence-electron chi connectivity index (χ4n) is 2.63. The lowest BCUT2D eigenvalue weighted by molar-refractivity contribution is 0.205. The quantitative estimate of drug-likeness (QED) is 0.581. The molecule has 1 aromatic heterocycles. The molecule has 124 valence electrons. The summed E-state index contributed by atoms with van der Waals surface area (Å²) >= 11 is 0. The molecule has 0 saturated heterocycles. The van der Waals surface area contributed by atoms with E-state index in [1.54, 1.807) is 6.08 Å². The Morgan fingerprint density at radius 1 is 1.39 bits per heavy atom. The number of hydrogen-bond donors (Lipinski definition) is 2. The van der Waals surface area contributed by atoms with Gasteiger partial charge in [0, 0.05) is 20.0 Å². The monoisotopic (exact) mass is 314 g/mol. The number of fused-ring (bicyclic) bond motifs is 1. The highest BCUT2D eigenvalue weighted by molar-refractivity contribution is 5.79. The van der Waals surface area contributed by atoms with Gasteiger partial charge in [0.15, 0.2) is 0 Å². The summed E-state index contributed by atoms with van der Waals surface area (Å²) in [6, 6.07) is 6.18. The van der Waals surface area contributed by atoms with Gasteiger partial charge in [0.2, 0.25) is 0 Å². The average Bonchev–Trinajstić information content (AvgIpc) is 2.89. The van der Waals surface area contributed by atoms with E-state index in [4.69, 9.17) is 10.2 Å². The van der Waals surface area contributed by atoms with Gasteiger partial charge >= 0.3 is 0 Å². The number of nitrogens with zero attached hydrogens (tertiary/aromatic N) is 3. The molecule has 0 aliphatic rings. The maximum Gasteiger partial charge on any atom is 0.110 e. The lowest BCUT2D eigenvalue weighted by Gasteiger charge is -2.17. The van der Waals surface area contributed by atoms with Gasteiger partial charge < -0.3 is 9.47 Å². The summed E-state index contributed by atoms with van der Waals surface area (Å²) < 4.78 is 2.17. The number of allylic oxidation sites excluding steroid dienone is 1. The van der Waals surface area contributed by atoms with Crippen molar-refractivity contribution in [2.75, 3.05) is 19.6 Å². The van der Waals surface area contributed by atoms with Crippen molar-refractivity contribution in [1.82, 2.24) is 19.9 Å². The smallest absolute Gasteiger partial charge is 0.110 e. The number of aryl methyl sites for hydroxylation is 1. The molecule has 1 heterocycles. The van der Waals surface area contributed by atoms with E-state index in [-0.39, 0.29) is 0 Å². The van der Waals surface area contributed by atoms with Crippen LogP contribution in [0.25, 0.3) is 17.1 Å². The van der Waals surface area contributed by atoms with Gasteiger partial charge in [0.05, 0.1) is 16.7 Å². The van der Waals surface area contributed by atoms with Crippen LogP contribution in [-0.2, 0) is 13.5 Å². The van der Waals surface area contributed by atoms with E-state index in [9.17, 15) is 0 Å². The Labute approximate surface area is 137 Å². The predicted octanol–water partition coefficient (Wildman–Crippen LogP) is 2.96. The van der Waals surface area contributed by atoms with Gasteiger partial charge in [-0.05, 0) is 36.9 Å². The molecule has 5 heteroatoms. The highest BCUT2D eigenvalue weighted by atomic mass is 16.5. The molecule has 0 radical (unpaired) electrons. The zero-order valence-corrected chi connectivity index (χ0v) is 14.2. The number of rotatable bonds is 8. The molecule has 0 fully saturated rings. The van der Waals surface area contributed by atoms with Crippen molar-refractivity contribution < 1.29 is 5.21 Å². The summed E-state index contributed by atoms with van der Waals surface area (Å²) in [6.45, 7) is 11.2. The second-order valence-electron chi connectivity index (χ2n) is 5.58. The summed E-state index contributed by atoms with van der Waals surface area (Å²) in [7, 11) is 2.07. The zero-order valence-electron chi connectivity index (χ0n) is 14.2. The fourth-order valence-corrected chi connectivity index (χ4v) is 2.63. The molecule has 0 aliphatic heterocycles. The van der Waals surface area contributed by atoms with Crippen LogP contribution in [0, 0.1) is 0 Å². The van der Waals surface area contributed by atoms with E-state index in [2.05, 4.69) is 49.1 Å². The van der Waals surface area contributed by atoms with Crippen LogP contribution in [0.3, 0.4) is 0 Å². The van der Waals surface area contributed by atoms with Gasteiger partial charge in [-0.1, -0.05) is 32.6 Å². The normalized spacial score (nSPS) is 11.7. The number of likely N-dealkylation sites (N-methyl/N-ethyl adjacent to an activating group) is 1. The average molecular weight is 314 g/mol. The van der Waals surface area contributed by atoms with E-state index in [0.717, 1.165) is 48.5 Å². The van der Waals surface area contributed by atoms with E-state index < -0.39 is 0 Å². The van der Waals surface area contributed by atoms with Crippen molar-refractivity contribution in [3.8, 4) is 0 Å². The van der Waals surface area contributed by atoms with Crippen molar-refractivity contribution in [2.24, 2.45) is 7.05 Å². The summed E-state index contributed by atoms with van der Waals surface area (Å²) in [5.41, 5.74) is 5.63. The Balaban J connectivity index is 2.20. The number of aromatic nitrogens is 2. The lowest BCUT2D eigenvalue weighted by Crippen LogP contribution is -2.26. The first-order chi connectivity index (χ1) is 11.1. The minimum atomic E-state index is 0.450. The molecule has 1 aromatic carbocycles. The van der Waals surface area contributed by atoms with E-state index >= 15 is 0 Å². The van der Waals surface area contributed by atoms with Crippen molar-refractivity contribution in [3.63, 3.8) is 0 Å². The minimum Gasteiger partial charge on any atom is -0.331 e. The third-order valence-corrected chi connectivity index (χ3v) is 4.16. The zero-order chi connectivity index (χ0) is 16.8.